The Morgan fingerprint density at radius 3 is 2.24 bits per heavy atom. The number of amides is 3. The first-order valence-corrected chi connectivity index (χ1v) is 16.3. The van der Waals surface area contributed by atoms with E-state index in [1.165, 1.54) is 12.1 Å². The Balaban J connectivity index is 1.87. The molecule has 3 rings (SSSR count). The SMILES string of the molecule is CCCN(CCC)C(=O)c1cc(C)cc(C(=O)N[C@@H](Cc2cc(F)cc(F)c2)[C@H](O)CN2CCCCC2C(=O)NCC(C)C)c1. The van der Waals surface area contributed by atoms with Gasteiger partial charge in [-0.15, -0.1) is 0 Å². The molecule has 1 unspecified atom stereocenters. The van der Waals surface area contributed by atoms with Crippen molar-refractivity contribution in [2.75, 3.05) is 32.7 Å². The van der Waals surface area contributed by atoms with Gasteiger partial charge in [-0.25, -0.2) is 8.78 Å². The molecule has 1 fully saturated rings. The molecule has 1 aliphatic heterocycles. The molecule has 8 nitrogen and oxygen atoms in total. The standard InChI is InChI=1S/C35H50F2N4O4/c1-6-11-40(12-7-2)35(45)27-15-24(5)14-26(19-27)33(43)39-30(18-25-16-28(36)20-29(37)17-25)32(42)22-41-13-9-8-10-31(41)34(44)38-21-23(3)4/h14-17,19-20,23,30-32,42H,6-13,18,21-22H2,1-5H3,(H,38,44)(H,39,43)/t30-,31?,32+/m0/s1. The Labute approximate surface area is 266 Å². The van der Waals surface area contributed by atoms with Crippen LogP contribution in [-0.4, -0.2) is 83.5 Å². The summed E-state index contributed by atoms with van der Waals surface area (Å²) in [5, 5.41) is 17.4. The van der Waals surface area contributed by atoms with Gasteiger partial charge in [-0.2, -0.15) is 0 Å². The van der Waals surface area contributed by atoms with Crippen LogP contribution in [0.2, 0.25) is 0 Å². The van der Waals surface area contributed by atoms with E-state index in [4.69, 9.17) is 0 Å². The Kier molecular flexibility index (Phi) is 13.9. The highest BCUT2D eigenvalue weighted by Crippen LogP contribution is 2.20. The normalized spacial score (nSPS) is 16.7. The maximum Gasteiger partial charge on any atom is 0.253 e. The summed E-state index contributed by atoms with van der Waals surface area (Å²) in [6, 6.07) is 6.74. The topological polar surface area (TPSA) is 102 Å². The second kappa shape index (κ2) is 17.4. The summed E-state index contributed by atoms with van der Waals surface area (Å²) in [5.74, 6) is -1.99. The number of likely N-dealkylation sites (tertiary alicyclic amines) is 1. The van der Waals surface area contributed by atoms with Gasteiger partial charge in [-0.05, 0) is 92.9 Å². The molecular weight excluding hydrogens is 578 g/mol. The van der Waals surface area contributed by atoms with Crippen molar-refractivity contribution in [3.05, 3.63) is 70.3 Å². The van der Waals surface area contributed by atoms with Crippen molar-refractivity contribution >= 4 is 17.7 Å². The number of aryl methyl sites for hydroxylation is 1. The van der Waals surface area contributed by atoms with Gasteiger partial charge in [-0.1, -0.05) is 34.1 Å². The first kappa shape index (κ1) is 36.1. The smallest absolute Gasteiger partial charge is 0.253 e. The number of carbonyl (C=O) groups is 3. The van der Waals surface area contributed by atoms with E-state index in [0.29, 0.717) is 44.1 Å². The van der Waals surface area contributed by atoms with E-state index in [0.717, 1.165) is 37.3 Å². The minimum atomic E-state index is -1.16. The summed E-state index contributed by atoms with van der Waals surface area (Å²) in [6.07, 6.45) is 2.81. The summed E-state index contributed by atoms with van der Waals surface area (Å²) in [6.45, 7) is 12.3. The minimum Gasteiger partial charge on any atom is -0.390 e. The molecular formula is C35H50F2N4O4. The fourth-order valence-electron chi connectivity index (χ4n) is 5.89. The van der Waals surface area contributed by atoms with Crippen LogP contribution in [0.4, 0.5) is 8.78 Å². The van der Waals surface area contributed by atoms with Crippen molar-refractivity contribution < 1.29 is 28.3 Å². The number of hydrogen-bond donors (Lipinski definition) is 3. The molecule has 0 spiro atoms. The molecule has 0 bridgehead atoms. The lowest BCUT2D eigenvalue weighted by molar-refractivity contribution is -0.128. The summed E-state index contributed by atoms with van der Waals surface area (Å²) in [4.78, 5) is 43.7. The van der Waals surface area contributed by atoms with Crippen LogP contribution in [0.25, 0.3) is 0 Å². The van der Waals surface area contributed by atoms with Gasteiger partial charge in [0.15, 0.2) is 0 Å². The Morgan fingerprint density at radius 1 is 0.978 bits per heavy atom. The number of halogens is 2. The number of nitrogens with one attached hydrogen (secondary N) is 2. The van der Waals surface area contributed by atoms with Crippen molar-refractivity contribution in [3.63, 3.8) is 0 Å². The van der Waals surface area contributed by atoms with Gasteiger partial charge in [-0.3, -0.25) is 19.3 Å². The van der Waals surface area contributed by atoms with Crippen LogP contribution in [0.3, 0.4) is 0 Å². The number of β-amino-alcohol motifs (C(OH)–C–C–N with tert-alkyl or cyclic N) is 1. The maximum atomic E-state index is 14.1. The average molecular weight is 629 g/mol. The summed E-state index contributed by atoms with van der Waals surface area (Å²) in [7, 11) is 0. The highest BCUT2D eigenvalue weighted by atomic mass is 19.1. The lowest BCUT2D eigenvalue weighted by Gasteiger charge is -2.37. The van der Waals surface area contributed by atoms with Gasteiger partial charge < -0.3 is 20.6 Å². The molecule has 1 heterocycles. The quantitative estimate of drug-likeness (QED) is 0.262. The van der Waals surface area contributed by atoms with Crippen molar-refractivity contribution in [3.8, 4) is 0 Å². The molecule has 248 valence electrons. The molecule has 3 N–H and O–H groups in total. The first-order valence-electron chi connectivity index (χ1n) is 16.3. The zero-order valence-corrected chi connectivity index (χ0v) is 27.4. The van der Waals surface area contributed by atoms with Gasteiger partial charge >= 0.3 is 0 Å². The maximum absolute atomic E-state index is 14.1. The van der Waals surface area contributed by atoms with Crippen molar-refractivity contribution in [2.45, 2.75) is 91.3 Å². The molecule has 3 atom stereocenters. The van der Waals surface area contributed by atoms with Gasteiger partial charge in [0.25, 0.3) is 11.8 Å². The number of piperidine rings is 1. The van der Waals surface area contributed by atoms with Gasteiger partial charge in [0.1, 0.15) is 11.6 Å². The molecule has 2 aromatic carbocycles. The number of nitrogens with zero attached hydrogens (tertiary/aromatic N) is 2. The highest BCUT2D eigenvalue weighted by molar-refractivity contribution is 6.00. The van der Waals surface area contributed by atoms with Crippen molar-refractivity contribution in [1.29, 1.82) is 0 Å². The van der Waals surface area contributed by atoms with Crippen LogP contribution >= 0.6 is 0 Å². The van der Waals surface area contributed by atoms with Crippen LogP contribution in [0.5, 0.6) is 0 Å². The molecule has 0 saturated carbocycles. The largest absolute Gasteiger partial charge is 0.390 e. The number of aliphatic hydroxyl groups excluding tert-OH is 1. The predicted octanol–water partition coefficient (Wildman–Crippen LogP) is 4.86. The van der Waals surface area contributed by atoms with E-state index in [2.05, 4.69) is 10.6 Å². The molecule has 0 radical (unpaired) electrons. The summed E-state index contributed by atoms with van der Waals surface area (Å²) < 4.78 is 28.2. The second-order valence-electron chi connectivity index (χ2n) is 12.7. The molecule has 0 aliphatic carbocycles. The molecule has 10 heteroatoms. The van der Waals surface area contributed by atoms with Crippen LogP contribution in [0, 0.1) is 24.5 Å². The highest BCUT2D eigenvalue weighted by Gasteiger charge is 2.33. The third-order valence-electron chi connectivity index (χ3n) is 8.04. The predicted molar refractivity (Wildman–Crippen MR) is 172 cm³/mol. The van der Waals surface area contributed by atoms with Crippen LogP contribution in [-0.2, 0) is 11.2 Å². The van der Waals surface area contributed by atoms with Gasteiger partial charge in [0.05, 0.1) is 18.2 Å². The number of benzene rings is 2. The Hall–Kier alpha value is -3.37. The number of hydrogen-bond acceptors (Lipinski definition) is 5. The third kappa shape index (κ3) is 10.9. The molecule has 1 aliphatic rings. The van der Waals surface area contributed by atoms with E-state index < -0.39 is 35.7 Å². The van der Waals surface area contributed by atoms with Gasteiger partial charge in [0, 0.05) is 43.4 Å². The molecule has 1 saturated heterocycles. The monoisotopic (exact) mass is 628 g/mol. The fourth-order valence-corrected chi connectivity index (χ4v) is 5.89. The Morgan fingerprint density at radius 2 is 1.62 bits per heavy atom. The van der Waals surface area contributed by atoms with Crippen LogP contribution < -0.4 is 10.6 Å². The second-order valence-corrected chi connectivity index (χ2v) is 12.7. The molecule has 3 amide bonds. The summed E-state index contributed by atoms with van der Waals surface area (Å²) in [5.41, 5.74) is 1.65. The summed E-state index contributed by atoms with van der Waals surface area (Å²) >= 11 is 0. The Bertz CT molecular complexity index is 1280. The first-order chi connectivity index (χ1) is 21.4. The number of aliphatic hydroxyl groups is 1. The molecule has 45 heavy (non-hydrogen) atoms. The van der Waals surface area contributed by atoms with Crippen molar-refractivity contribution in [1.82, 2.24) is 20.4 Å². The lowest BCUT2D eigenvalue weighted by Crippen LogP contribution is -2.55. The number of carbonyl (C=O) groups excluding carboxylic acids is 3. The molecule has 2 aromatic rings. The van der Waals surface area contributed by atoms with Crippen LogP contribution in [0.1, 0.15) is 91.6 Å². The minimum absolute atomic E-state index is 0.0436. The van der Waals surface area contributed by atoms with Crippen LogP contribution in [0.15, 0.2) is 36.4 Å². The average Bonchev–Trinajstić information content (AvgIpc) is 2.98. The van der Waals surface area contributed by atoms with E-state index in [9.17, 15) is 28.3 Å². The number of rotatable bonds is 15. The zero-order valence-electron chi connectivity index (χ0n) is 27.4. The molecule has 0 aromatic heterocycles. The fraction of sp³-hybridized carbons (Fsp3) is 0.571. The van der Waals surface area contributed by atoms with E-state index in [1.807, 2.05) is 32.6 Å². The zero-order chi connectivity index (χ0) is 33.1. The van der Waals surface area contributed by atoms with E-state index in [-0.39, 0.29) is 35.9 Å². The lowest BCUT2D eigenvalue weighted by atomic mass is 9.96. The van der Waals surface area contributed by atoms with E-state index >= 15 is 0 Å². The third-order valence-corrected chi connectivity index (χ3v) is 8.04. The van der Waals surface area contributed by atoms with Gasteiger partial charge in [0.2, 0.25) is 5.91 Å². The van der Waals surface area contributed by atoms with E-state index in [1.54, 1.807) is 30.0 Å². The van der Waals surface area contributed by atoms with Crippen molar-refractivity contribution in [2.24, 2.45) is 5.92 Å².